The fraction of sp³-hybridized carbons (Fsp3) is 0.611. The highest BCUT2D eigenvalue weighted by Crippen LogP contribution is 2.16. The molecule has 0 unspecified atom stereocenters. The zero-order valence-corrected chi connectivity index (χ0v) is 16.7. The smallest absolute Gasteiger partial charge is 0.191 e. The van der Waals surface area contributed by atoms with Crippen LogP contribution in [-0.2, 0) is 21.1 Å². The molecule has 0 radical (unpaired) electrons. The Hall–Kier alpha value is -1.60. The number of ether oxygens (including phenoxy) is 1. The molecule has 0 fully saturated rings. The number of sulfone groups is 1. The molecule has 0 amide bonds. The topological polar surface area (TPSA) is 79.8 Å². The number of hydrogen-bond donors (Lipinski definition) is 2. The Morgan fingerprint density at radius 2 is 2.00 bits per heavy atom. The molecule has 0 aliphatic rings. The molecule has 1 aromatic rings. The first-order valence-electron chi connectivity index (χ1n) is 8.56. The van der Waals surface area contributed by atoms with Gasteiger partial charge in [-0.05, 0) is 36.5 Å². The van der Waals surface area contributed by atoms with Crippen LogP contribution in [0.25, 0.3) is 0 Å². The number of nitrogens with one attached hydrogen (secondary N) is 2. The van der Waals surface area contributed by atoms with Gasteiger partial charge >= 0.3 is 0 Å². The van der Waals surface area contributed by atoms with Crippen LogP contribution in [0.1, 0.15) is 31.4 Å². The van der Waals surface area contributed by atoms with Gasteiger partial charge in [-0.25, -0.2) is 8.42 Å². The van der Waals surface area contributed by atoms with E-state index in [0.717, 1.165) is 37.3 Å². The van der Waals surface area contributed by atoms with Gasteiger partial charge in [0.05, 0.1) is 4.90 Å². The highest BCUT2D eigenvalue weighted by molar-refractivity contribution is 7.90. The number of hydrogen-bond acceptors (Lipinski definition) is 4. The van der Waals surface area contributed by atoms with E-state index in [4.69, 9.17) is 4.74 Å². The van der Waals surface area contributed by atoms with Crippen LogP contribution < -0.4 is 10.6 Å². The second-order valence-corrected chi connectivity index (χ2v) is 8.53. The predicted octanol–water partition coefficient (Wildman–Crippen LogP) is 2.13. The Morgan fingerprint density at radius 1 is 1.28 bits per heavy atom. The molecule has 1 aromatic carbocycles. The molecule has 0 saturated carbocycles. The molecule has 0 atom stereocenters. The molecule has 142 valence electrons. The molecule has 0 bridgehead atoms. The molecule has 0 heterocycles. The zero-order chi connectivity index (χ0) is 18.9. The van der Waals surface area contributed by atoms with Gasteiger partial charge in [0.25, 0.3) is 0 Å². The van der Waals surface area contributed by atoms with Gasteiger partial charge < -0.3 is 15.4 Å². The third-order valence-corrected chi connectivity index (χ3v) is 4.79. The molecule has 0 aliphatic carbocycles. The van der Waals surface area contributed by atoms with Crippen molar-refractivity contribution in [3.8, 4) is 0 Å². The van der Waals surface area contributed by atoms with Crippen molar-refractivity contribution in [1.82, 2.24) is 10.6 Å². The van der Waals surface area contributed by atoms with E-state index in [2.05, 4.69) is 29.5 Å². The molecular formula is C18H31N3O3S. The minimum atomic E-state index is -3.18. The van der Waals surface area contributed by atoms with Crippen LogP contribution in [0.15, 0.2) is 28.1 Å². The Kier molecular flexibility index (Phi) is 8.92. The molecule has 25 heavy (non-hydrogen) atoms. The summed E-state index contributed by atoms with van der Waals surface area (Å²) in [6, 6.07) is 5.36. The van der Waals surface area contributed by atoms with Crippen LogP contribution in [-0.4, -0.2) is 47.4 Å². The Labute approximate surface area is 152 Å². The van der Waals surface area contributed by atoms with Crippen molar-refractivity contribution in [2.75, 3.05) is 33.1 Å². The number of benzene rings is 1. The summed E-state index contributed by atoms with van der Waals surface area (Å²) in [6.45, 7) is 8.95. The van der Waals surface area contributed by atoms with E-state index >= 15 is 0 Å². The third-order valence-electron chi connectivity index (χ3n) is 3.53. The highest BCUT2D eigenvalue weighted by Gasteiger charge is 2.10. The Morgan fingerprint density at radius 3 is 2.56 bits per heavy atom. The second kappa shape index (κ2) is 10.4. The molecule has 2 N–H and O–H groups in total. The lowest BCUT2D eigenvalue weighted by molar-refractivity contribution is 0.108. The maximum atomic E-state index is 11.7. The lowest BCUT2D eigenvalue weighted by atomic mass is 10.1. The van der Waals surface area contributed by atoms with E-state index in [1.165, 1.54) is 6.26 Å². The van der Waals surface area contributed by atoms with Gasteiger partial charge in [0, 0.05) is 39.6 Å². The lowest BCUT2D eigenvalue weighted by Crippen LogP contribution is -2.37. The van der Waals surface area contributed by atoms with Gasteiger partial charge in [-0.3, -0.25) is 4.99 Å². The molecule has 7 heteroatoms. The number of aryl methyl sites for hydroxylation is 1. The van der Waals surface area contributed by atoms with Crippen LogP contribution in [0.5, 0.6) is 0 Å². The summed E-state index contributed by atoms with van der Waals surface area (Å²) in [5.41, 5.74) is 1.76. The van der Waals surface area contributed by atoms with Crippen molar-refractivity contribution in [2.24, 2.45) is 10.9 Å². The lowest BCUT2D eigenvalue weighted by Gasteiger charge is -2.13. The maximum absolute atomic E-state index is 11.7. The average molecular weight is 370 g/mol. The summed E-state index contributed by atoms with van der Waals surface area (Å²) in [5.74, 6) is 1.27. The standard InChI is InChI=1S/C18H31N3O3S/c1-14(2)13-24-10-6-9-20-18(19-4)21-12-16-7-8-17(15(3)11-16)25(5,22)23/h7-8,11,14H,6,9-10,12-13H2,1-5H3,(H2,19,20,21). The van der Waals surface area contributed by atoms with Crippen molar-refractivity contribution in [2.45, 2.75) is 38.6 Å². The number of nitrogens with zero attached hydrogens (tertiary/aromatic N) is 1. The van der Waals surface area contributed by atoms with Crippen molar-refractivity contribution < 1.29 is 13.2 Å². The van der Waals surface area contributed by atoms with E-state index in [-0.39, 0.29) is 0 Å². The summed E-state index contributed by atoms with van der Waals surface area (Å²) in [7, 11) is -1.45. The minimum Gasteiger partial charge on any atom is -0.381 e. The summed E-state index contributed by atoms with van der Waals surface area (Å²) < 4.78 is 28.8. The third kappa shape index (κ3) is 8.36. The summed E-state index contributed by atoms with van der Waals surface area (Å²) >= 11 is 0. The number of rotatable bonds is 9. The van der Waals surface area contributed by atoms with Crippen molar-refractivity contribution >= 4 is 15.8 Å². The molecule has 0 aromatic heterocycles. The van der Waals surface area contributed by atoms with Crippen molar-refractivity contribution in [3.05, 3.63) is 29.3 Å². The van der Waals surface area contributed by atoms with Gasteiger partial charge in [0.15, 0.2) is 15.8 Å². The van der Waals surface area contributed by atoms with Crippen molar-refractivity contribution in [1.29, 1.82) is 0 Å². The van der Waals surface area contributed by atoms with Gasteiger partial charge in [0.1, 0.15) is 0 Å². The number of aliphatic imine (C=N–C) groups is 1. The zero-order valence-electron chi connectivity index (χ0n) is 15.9. The highest BCUT2D eigenvalue weighted by atomic mass is 32.2. The Bertz CT molecular complexity index is 670. The van der Waals surface area contributed by atoms with Crippen LogP contribution in [0.4, 0.5) is 0 Å². The van der Waals surface area contributed by atoms with Crippen LogP contribution in [0, 0.1) is 12.8 Å². The quantitative estimate of drug-likeness (QED) is 0.396. The van der Waals surface area contributed by atoms with E-state index < -0.39 is 9.84 Å². The molecule has 0 aliphatic heterocycles. The monoisotopic (exact) mass is 369 g/mol. The largest absolute Gasteiger partial charge is 0.381 e. The SMILES string of the molecule is CN=C(NCCCOCC(C)C)NCc1ccc(S(C)(=O)=O)c(C)c1. The second-order valence-electron chi connectivity index (χ2n) is 6.55. The van der Waals surface area contributed by atoms with Gasteiger partial charge in [-0.15, -0.1) is 0 Å². The minimum absolute atomic E-state index is 0.375. The Balaban J connectivity index is 2.41. The van der Waals surface area contributed by atoms with Gasteiger partial charge in [0.2, 0.25) is 0 Å². The molecule has 1 rings (SSSR count). The fourth-order valence-corrected chi connectivity index (χ4v) is 3.30. The fourth-order valence-electron chi connectivity index (χ4n) is 2.34. The summed E-state index contributed by atoms with van der Waals surface area (Å²) in [5, 5.41) is 6.47. The first kappa shape index (κ1) is 21.4. The normalized spacial score (nSPS) is 12.5. The summed E-state index contributed by atoms with van der Waals surface area (Å²) in [6.07, 6.45) is 2.14. The van der Waals surface area contributed by atoms with Crippen LogP contribution in [0.3, 0.4) is 0 Å². The summed E-state index contributed by atoms with van der Waals surface area (Å²) in [4.78, 5) is 4.56. The van der Waals surface area contributed by atoms with Gasteiger partial charge in [-0.1, -0.05) is 26.0 Å². The molecule has 0 saturated heterocycles. The van der Waals surface area contributed by atoms with E-state index in [1.807, 2.05) is 19.1 Å². The first-order chi connectivity index (χ1) is 11.7. The maximum Gasteiger partial charge on any atom is 0.191 e. The average Bonchev–Trinajstić information content (AvgIpc) is 2.52. The van der Waals surface area contributed by atoms with Gasteiger partial charge in [-0.2, -0.15) is 0 Å². The van der Waals surface area contributed by atoms with Crippen LogP contribution >= 0.6 is 0 Å². The van der Waals surface area contributed by atoms with Crippen LogP contribution in [0.2, 0.25) is 0 Å². The predicted molar refractivity (Wildman–Crippen MR) is 103 cm³/mol. The molecule has 0 spiro atoms. The van der Waals surface area contributed by atoms with Crippen molar-refractivity contribution in [3.63, 3.8) is 0 Å². The number of guanidine groups is 1. The first-order valence-corrected chi connectivity index (χ1v) is 10.4. The van der Waals surface area contributed by atoms with E-state index in [9.17, 15) is 8.42 Å². The molecular weight excluding hydrogens is 338 g/mol. The van der Waals surface area contributed by atoms with E-state index in [0.29, 0.717) is 23.3 Å². The van der Waals surface area contributed by atoms with E-state index in [1.54, 1.807) is 13.1 Å². The molecule has 6 nitrogen and oxygen atoms in total.